The molecule has 1 amide bonds. The average molecular weight is 369 g/mol. The number of carbonyl (C=O) groups is 1. The monoisotopic (exact) mass is 368 g/mol. The van der Waals surface area contributed by atoms with Gasteiger partial charge in [0.25, 0.3) is 5.91 Å². The first-order valence-electron chi connectivity index (χ1n) is 6.27. The van der Waals surface area contributed by atoms with Crippen molar-refractivity contribution in [3.8, 4) is 0 Å². The molecule has 0 bridgehead atoms. The van der Waals surface area contributed by atoms with Crippen molar-refractivity contribution in [3.05, 3.63) is 52.0 Å². The Hall–Kier alpha value is -1.27. The Morgan fingerprint density at radius 1 is 1.18 bits per heavy atom. The highest BCUT2D eigenvalue weighted by Crippen LogP contribution is 2.30. The van der Waals surface area contributed by atoms with Crippen molar-refractivity contribution in [2.24, 2.45) is 0 Å². The van der Waals surface area contributed by atoms with Gasteiger partial charge in [0.1, 0.15) is 0 Å². The number of rotatable bonds is 3. The van der Waals surface area contributed by atoms with Crippen LogP contribution in [0, 0.1) is 0 Å². The first-order valence-corrected chi connectivity index (χ1v) is 9.07. The number of nitrogens with one attached hydrogen (secondary N) is 1. The molecule has 0 unspecified atom stereocenters. The minimum absolute atomic E-state index is 0.284. The van der Waals surface area contributed by atoms with E-state index in [4.69, 9.17) is 23.2 Å². The van der Waals surface area contributed by atoms with Crippen molar-refractivity contribution in [2.45, 2.75) is 4.90 Å². The maximum absolute atomic E-state index is 12.3. The number of hydrogen-bond acceptors (Lipinski definition) is 4. The summed E-state index contributed by atoms with van der Waals surface area (Å²) in [5, 5.41) is 4.18. The van der Waals surface area contributed by atoms with E-state index in [9.17, 15) is 4.79 Å². The summed E-state index contributed by atoms with van der Waals surface area (Å²) >= 11 is 14.9. The first kappa shape index (κ1) is 15.6. The number of thiazole rings is 1. The quantitative estimate of drug-likeness (QED) is 0.613. The van der Waals surface area contributed by atoms with Crippen LogP contribution < -0.4 is 5.32 Å². The lowest BCUT2D eigenvalue weighted by molar-refractivity contribution is 0.102. The molecule has 0 aliphatic heterocycles. The van der Waals surface area contributed by atoms with Crippen LogP contribution in [0.25, 0.3) is 10.2 Å². The molecule has 0 saturated carbocycles. The molecule has 1 N–H and O–H groups in total. The summed E-state index contributed by atoms with van der Waals surface area (Å²) in [5.41, 5.74) is 1.27. The topological polar surface area (TPSA) is 42.0 Å². The van der Waals surface area contributed by atoms with Gasteiger partial charge in [0.2, 0.25) is 0 Å². The molecule has 0 aliphatic carbocycles. The van der Waals surface area contributed by atoms with Crippen LogP contribution in [-0.4, -0.2) is 17.1 Å². The van der Waals surface area contributed by atoms with Crippen LogP contribution in [0.4, 0.5) is 5.13 Å². The molecule has 0 spiro atoms. The number of nitrogens with zero attached hydrogens (tertiary/aromatic N) is 1. The van der Waals surface area contributed by atoms with Gasteiger partial charge < -0.3 is 0 Å². The van der Waals surface area contributed by atoms with E-state index >= 15 is 0 Å². The molecule has 0 atom stereocenters. The van der Waals surface area contributed by atoms with E-state index in [0.29, 0.717) is 20.7 Å². The Balaban J connectivity index is 1.87. The molecule has 3 aromatic rings. The van der Waals surface area contributed by atoms with Crippen molar-refractivity contribution in [1.82, 2.24) is 4.98 Å². The van der Waals surface area contributed by atoms with E-state index in [1.165, 1.54) is 11.3 Å². The fourth-order valence-corrected chi connectivity index (χ4v) is 3.88. The Labute approximate surface area is 145 Å². The summed E-state index contributed by atoms with van der Waals surface area (Å²) in [6, 6.07) is 10.7. The van der Waals surface area contributed by atoms with Crippen LogP contribution in [0.3, 0.4) is 0 Å². The van der Waals surface area contributed by atoms with E-state index in [1.807, 2.05) is 18.4 Å². The summed E-state index contributed by atoms with van der Waals surface area (Å²) in [7, 11) is 0. The number of amides is 1. The molecule has 3 nitrogen and oxygen atoms in total. The highest BCUT2D eigenvalue weighted by Gasteiger charge is 2.11. The van der Waals surface area contributed by atoms with Gasteiger partial charge in [-0.2, -0.15) is 0 Å². The molecule has 112 valence electrons. The second kappa shape index (κ2) is 6.46. The van der Waals surface area contributed by atoms with E-state index < -0.39 is 0 Å². The molecule has 0 fully saturated rings. The van der Waals surface area contributed by atoms with Gasteiger partial charge in [0, 0.05) is 20.5 Å². The third-order valence-electron chi connectivity index (χ3n) is 2.94. The van der Waals surface area contributed by atoms with Crippen molar-refractivity contribution in [1.29, 1.82) is 0 Å². The molecular weight excluding hydrogens is 359 g/mol. The maximum Gasteiger partial charge on any atom is 0.257 e. The van der Waals surface area contributed by atoms with Crippen molar-refractivity contribution >= 4 is 67.6 Å². The summed E-state index contributed by atoms with van der Waals surface area (Å²) in [6.45, 7) is 0. The number of thioether (sulfide) groups is 1. The molecule has 3 rings (SSSR count). The smallest absolute Gasteiger partial charge is 0.257 e. The van der Waals surface area contributed by atoms with Gasteiger partial charge >= 0.3 is 0 Å². The number of halogens is 2. The summed E-state index contributed by atoms with van der Waals surface area (Å²) in [6.07, 6.45) is 2.02. The lowest BCUT2D eigenvalue weighted by atomic mass is 10.2. The fourth-order valence-electron chi connectivity index (χ4n) is 1.94. The molecule has 22 heavy (non-hydrogen) atoms. The lowest BCUT2D eigenvalue weighted by Crippen LogP contribution is -2.11. The zero-order valence-corrected chi connectivity index (χ0v) is 14.5. The lowest BCUT2D eigenvalue weighted by Gasteiger charge is -2.02. The predicted molar refractivity (Wildman–Crippen MR) is 95.8 cm³/mol. The molecule has 1 aromatic heterocycles. The molecule has 0 aliphatic rings. The fraction of sp³-hybridized carbons (Fsp3) is 0.0667. The van der Waals surface area contributed by atoms with E-state index in [2.05, 4.69) is 16.4 Å². The highest BCUT2D eigenvalue weighted by atomic mass is 35.5. The minimum Gasteiger partial charge on any atom is -0.298 e. The van der Waals surface area contributed by atoms with E-state index in [-0.39, 0.29) is 5.91 Å². The number of aromatic nitrogens is 1. The first-order chi connectivity index (χ1) is 10.5. The number of hydrogen-bond donors (Lipinski definition) is 1. The van der Waals surface area contributed by atoms with Crippen molar-refractivity contribution in [2.75, 3.05) is 11.6 Å². The molecular formula is C15H10Cl2N2OS2. The number of carbonyl (C=O) groups excluding carboxylic acids is 1. The van der Waals surface area contributed by atoms with Crippen LogP contribution in [0.2, 0.25) is 10.0 Å². The molecule has 7 heteroatoms. The maximum atomic E-state index is 12.3. The summed E-state index contributed by atoms with van der Waals surface area (Å²) in [5.74, 6) is -0.284. The molecule has 1 heterocycles. The standard InChI is InChI=1S/C15H10Cl2N2OS2/c1-21-11-2-3-12-13(7-11)22-15(18-12)19-14(20)8-4-9(16)6-10(17)5-8/h2-7H,1H3,(H,18,19,20). The Bertz CT molecular complexity index is 844. The summed E-state index contributed by atoms with van der Waals surface area (Å²) in [4.78, 5) is 17.8. The van der Waals surface area contributed by atoms with E-state index in [1.54, 1.807) is 30.0 Å². The normalized spacial score (nSPS) is 10.9. The Kier molecular flexibility index (Phi) is 4.59. The van der Waals surface area contributed by atoms with Crippen LogP contribution in [0.15, 0.2) is 41.3 Å². The Morgan fingerprint density at radius 3 is 2.59 bits per heavy atom. The van der Waals surface area contributed by atoms with Crippen molar-refractivity contribution < 1.29 is 4.79 Å². The number of anilines is 1. The van der Waals surface area contributed by atoms with Crippen LogP contribution >= 0.6 is 46.3 Å². The Morgan fingerprint density at radius 2 is 1.91 bits per heavy atom. The van der Waals surface area contributed by atoms with Crippen LogP contribution in [-0.2, 0) is 0 Å². The van der Waals surface area contributed by atoms with Gasteiger partial charge in [-0.05, 0) is 42.7 Å². The van der Waals surface area contributed by atoms with E-state index in [0.717, 1.165) is 15.1 Å². The SMILES string of the molecule is CSc1ccc2nc(NC(=O)c3cc(Cl)cc(Cl)c3)sc2c1. The van der Waals surface area contributed by atoms with Crippen LogP contribution in [0.5, 0.6) is 0 Å². The second-order valence-corrected chi connectivity index (χ2v) is 7.25. The zero-order valence-electron chi connectivity index (χ0n) is 11.4. The van der Waals surface area contributed by atoms with Gasteiger partial charge in [0.05, 0.1) is 10.2 Å². The minimum atomic E-state index is -0.284. The van der Waals surface area contributed by atoms with Gasteiger partial charge in [-0.15, -0.1) is 11.8 Å². The second-order valence-electron chi connectivity index (χ2n) is 4.46. The van der Waals surface area contributed by atoms with Gasteiger partial charge in [-0.1, -0.05) is 34.5 Å². The number of fused-ring (bicyclic) bond motifs is 1. The summed E-state index contributed by atoms with van der Waals surface area (Å²) < 4.78 is 1.03. The van der Waals surface area contributed by atoms with Gasteiger partial charge in [-0.25, -0.2) is 4.98 Å². The third-order valence-corrected chi connectivity index (χ3v) is 5.04. The van der Waals surface area contributed by atoms with Crippen LogP contribution in [0.1, 0.15) is 10.4 Å². The molecule has 0 saturated heterocycles. The average Bonchev–Trinajstić information content (AvgIpc) is 2.87. The van der Waals surface area contributed by atoms with Gasteiger partial charge in [-0.3, -0.25) is 10.1 Å². The number of benzene rings is 2. The highest BCUT2D eigenvalue weighted by molar-refractivity contribution is 7.98. The van der Waals surface area contributed by atoms with Gasteiger partial charge in [0.15, 0.2) is 5.13 Å². The zero-order chi connectivity index (χ0) is 15.7. The third kappa shape index (κ3) is 3.38. The largest absolute Gasteiger partial charge is 0.298 e. The molecule has 2 aromatic carbocycles. The van der Waals surface area contributed by atoms with Crippen molar-refractivity contribution in [3.63, 3.8) is 0 Å². The molecule has 0 radical (unpaired) electrons. The predicted octanol–water partition coefficient (Wildman–Crippen LogP) is 5.58.